The lowest BCUT2D eigenvalue weighted by Gasteiger charge is -2.19. The fourth-order valence-corrected chi connectivity index (χ4v) is 4.33. The molecule has 144 valence electrons. The van der Waals surface area contributed by atoms with E-state index in [1.165, 1.54) is 16.9 Å². The van der Waals surface area contributed by atoms with Gasteiger partial charge in [-0.3, -0.25) is 9.59 Å². The van der Waals surface area contributed by atoms with Crippen molar-refractivity contribution in [2.45, 2.75) is 52.4 Å². The number of aromatic nitrogens is 2. The highest BCUT2D eigenvalue weighted by Gasteiger charge is 2.34. The first kappa shape index (κ1) is 19.5. The second-order valence-corrected chi connectivity index (χ2v) is 7.84. The third-order valence-electron chi connectivity index (χ3n) is 5.16. The second kappa shape index (κ2) is 8.61. The Labute approximate surface area is 164 Å². The van der Waals surface area contributed by atoms with Crippen molar-refractivity contribution in [3.8, 4) is 0 Å². The second-order valence-electron chi connectivity index (χ2n) is 6.84. The summed E-state index contributed by atoms with van der Waals surface area (Å²) in [4.78, 5) is 26.7. The molecule has 2 amide bonds. The molecule has 3 rings (SSSR count). The van der Waals surface area contributed by atoms with Gasteiger partial charge in [-0.15, -0.1) is 10.2 Å². The van der Waals surface area contributed by atoms with Gasteiger partial charge in [0.1, 0.15) is 5.01 Å². The van der Waals surface area contributed by atoms with Crippen LogP contribution in [0.5, 0.6) is 0 Å². The van der Waals surface area contributed by atoms with Gasteiger partial charge in [-0.25, -0.2) is 0 Å². The Morgan fingerprint density at radius 3 is 2.70 bits per heavy atom. The number of aryl methyl sites for hydroxylation is 1. The van der Waals surface area contributed by atoms with Gasteiger partial charge in [0.05, 0.1) is 0 Å². The molecule has 1 N–H and O–H groups in total. The Balaban J connectivity index is 1.71. The molecular formula is C20H26N4O2S. The van der Waals surface area contributed by atoms with Crippen molar-refractivity contribution < 1.29 is 9.59 Å². The molecule has 1 aliphatic rings. The van der Waals surface area contributed by atoms with Gasteiger partial charge in [-0.1, -0.05) is 50.3 Å². The van der Waals surface area contributed by atoms with Gasteiger partial charge in [-0.05, 0) is 30.9 Å². The number of hydrogen-bond acceptors (Lipinski definition) is 5. The fourth-order valence-electron chi connectivity index (χ4n) is 3.50. The zero-order valence-electron chi connectivity index (χ0n) is 16.1. The van der Waals surface area contributed by atoms with Crippen LogP contribution < -0.4 is 10.2 Å². The van der Waals surface area contributed by atoms with E-state index in [-0.39, 0.29) is 23.7 Å². The molecule has 1 saturated heterocycles. The Morgan fingerprint density at radius 2 is 2.00 bits per heavy atom. The number of carbonyl (C=O) groups is 2. The molecule has 6 nitrogen and oxygen atoms in total. The minimum atomic E-state index is -0.0105. The number of nitrogens with zero attached hydrogens (tertiary/aromatic N) is 3. The lowest BCUT2D eigenvalue weighted by Crippen LogP contribution is -2.25. The molecule has 7 heteroatoms. The maximum Gasteiger partial charge on any atom is 0.229 e. The summed E-state index contributed by atoms with van der Waals surface area (Å²) >= 11 is 1.37. The van der Waals surface area contributed by atoms with Crippen LogP contribution in [0.2, 0.25) is 0 Å². The van der Waals surface area contributed by atoms with Crippen LogP contribution in [0.1, 0.15) is 56.5 Å². The molecule has 0 radical (unpaired) electrons. The Hall–Kier alpha value is -2.28. The molecule has 0 unspecified atom stereocenters. The van der Waals surface area contributed by atoms with Gasteiger partial charge in [0.15, 0.2) is 0 Å². The van der Waals surface area contributed by atoms with Crippen LogP contribution in [-0.4, -0.2) is 28.6 Å². The number of nitrogens with one attached hydrogen (secondary N) is 1. The summed E-state index contributed by atoms with van der Waals surface area (Å²) in [5, 5.41) is 12.5. The van der Waals surface area contributed by atoms with Crippen molar-refractivity contribution in [1.29, 1.82) is 0 Å². The molecule has 1 aliphatic heterocycles. The summed E-state index contributed by atoms with van der Waals surface area (Å²) in [6.45, 7) is 6.71. The molecule has 1 fully saturated rings. The van der Waals surface area contributed by atoms with Gasteiger partial charge in [0.2, 0.25) is 16.9 Å². The topological polar surface area (TPSA) is 75.2 Å². The summed E-state index contributed by atoms with van der Waals surface area (Å²) in [5.41, 5.74) is 2.15. The van der Waals surface area contributed by atoms with Crippen molar-refractivity contribution in [2.24, 2.45) is 5.92 Å². The highest BCUT2D eigenvalue weighted by atomic mass is 32.1. The lowest BCUT2D eigenvalue weighted by atomic mass is 10.0. The van der Waals surface area contributed by atoms with Crippen molar-refractivity contribution >= 4 is 34.0 Å². The average molecular weight is 387 g/mol. The Bertz CT molecular complexity index is 816. The monoisotopic (exact) mass is 386 g/mol. The van der Waals surface area contributed by atoms with E-state index in [9.17, 15) is 9.59 Å². The maximum absolute atomic E-state index is 12.6. The number of rotatable bonds is 7. The molecule has 0 spiro atoms. The van der Waals surface area contributed by atoms with Crippen LogP contribution in [-0.2, 0) is 16.0 Å². The Morgan fingerprint density at radius 1 is 1.26 bits per heavy atom. The number of anilines is 2. The first-order chi connectivity index (χ1) is 13.1. The molecule has 1 aromatic carbocycles. The number of amides is 2. The van der Waals surface area contributed by atoms with Gasteiger partial charge < -0.3 is 10.2 Å². The molecule has 1 aromatic heterocycles. The fraction of sp³-hybridized carbons (Fsp3) is 0.500. The molecule has 0 saturated carbocycles. The third kappa shape index (κ3) is 4.18. The molecular weight excluding hydrogens is 360 g/mol. The number of para-hydroxylation sites is 1. The summed E-state index contributed by atoms with van der Waals surface area (Å²) < 4.78 is 0. The van der Waals surface area contributed by atoms with E-state index in [2.05, 4.69) is 28.5 Å². The van der Waals surface area contributed by atoms with Crippen LogP contribution in [0.15, 0.2) is 24.3 Å². The van der Waals surface area contributed by atoms with E-state index in [1.807, 2.05) is 36.9 Å². The zero-order valence-corrected chi connectivity index (χ0v) is 16.9. The van der Waals surface area contributed by atoms with Gasteiger partial charge >= 0.3 is 0 Å². The van der Waals surface area contributed by atoms with E-state index in [4.69, 9.17) is 0 Å². The smallest absolute Gasteiger partial charge is 0.229 e. The summed E-state index contributed by atoms with van der Waals surface area (Å²) in [7, 11) is 0. The molecule has 1 atom stereocenters. The first-order valence-electron chi connectivity index (χ1n) is 9.59. The van der Waals surface area contributed by atoms with Crippen LogP contribution in [0.4, 0.5) is 10.8 Å². The minimum absolute atomic E-state index is 0.00792. The molecule has 0 bridgehead atoms. The number of carbonyl (C=O) groups excluding carboxylic acids is 2. The quantitative estimate of drug-likeness (QED) is 0.780. The molecule has 2 aromatic rings. The van der Waals surface area contributed by atoms with Crippen molar-refractivity contribution in [3.05, 3.63) is 34.8 Å². The van der Waals surface area contributed by atoms with Crippen molar-refractivity contribution in [3.63, 3.8) is 0 Å². The summed E-state index contributed by atoms with van der Waals surface area (Å²) in [5.74, 6) is 0.104. The number of hydrogen-bond donors (Lipinski definition) is 1. The highest BCUT2D eigenvalue weighted by molar-refractivity contribution is 7.15. The number of benzene rings is 1. The van der Waals surface area contributed by atoms with E-state index < -0.39 is 0 Å². The SMILES string of the molecule is CCc1ccccc1N1C[C@H](c2nnc(NC(=O)C(CC)CC)s2)CC1=O. The standard InChI is InChI=1S/C20H26N4O2S/c1-4-13(5-2)18(26)21-20-23-22-19(27-20)15-11-17(25)24(12-15)16-10-8-7-9-14(16)6-3/h7-10,13,15H,4-6,11-12H2,1-3H3,(H,21,23,26)/t15-/m1/s1. The molecule has 0 aliphatic carbocycles. The van der Waals surface area contributed by atoms with Crippen molar-refractivity contribution in [1.82, 2.24) is 10.2 Å². The minimum Gasteiger partial charge on any atom is -0.311 e. The van der Waals surface area contributed by atoms with Crippen LogP contribution in [0.25, 0.3) is 0 Å². The highest BCUT2D eigenvalue weighted by Crippen LogP contribution is 2.35. The summed E-state index contributed by atoms with van der Waals surface area (Å²) in [6, 6.07) is 8.03. The normalized spacial score (nSPS) is 17.0. The van der Waals surface area contributed by atoms with Gasteiger partial charge in [-0.2, -0.15) is 0 Å². The van der Waals surface area contributed by atoms with Crippen LogP contribution >= 0.6 is 11.3 Å². The van der Waals surface area contributed by atoms with Crippen LogP contribution in [0, 0.1) is 5.92 Å². The van der Waals surface area contributed by atoms with E-state index in [0.29, 0.717) is 18.1 Å². The zero-order chi connectivity index (χ0) is 19.4. The lowest BCUT2D eigenvalue weighted by molar-refractivity contribution is -0.120. The van der Waals surface area contributed by atoms with E-state index in [0.717, 1.165) is 30.0 Å². The summed E-state index contributed by atoms with van der Waals surface area (Å²) in [6.07, 6.45) is 2.91. The average Bonchev–Trinajstić information content (AvgIpc) is 3.29. The maximum atomic E-state index is 12.6. The largest absolute Gasteiger partial charge is 0.311 e. The predicted octanol–water partition coefficient (Wildman–Crippen LogP) is 4.00. The van der Waals surface area contributed by atoms with Crippen LogP contribution in [0.3, 0.4) is 0 Å². The van der Waals surface area contributed by atoms with Gasteiger partial charge in [0.25, 0.3) is 0 Å². The van der Waals surface area contributed by atoms with E-state index in [1.54, 1.807) is 0 Å². The Kier molecular flexibility index (Phi) is 6.21. The van der Waals surface area contributed by atoms with Crippen molar-refractivity contribution in [2.75, 3.05) is 16.8 Å². The predicted molar refractivity (Wildman–Crippen MR) is 108 cm³/mol. The van der Waals surface area contributed by atoms with Gasteiger partial charge in [0, 0.05) is 30.5 Å². The third-order valence-corrected chi connectivity index (χ3v) is 6.17. The molecule has 2 heterocycles. The molecule has 27 heavy (non-hydrogen) atoms. The van der Waals surface area contributed by atoms with E-state index >= 15 is 0 Å². The first-order valence-corrected chi connectivity index (χ1v) is 10.4.